The zero-order valence-corrected chi connectivity index (χ0v) is 16.8. The lowest BCUT2D eigenvalue weighted by molar-refractivity contribution is 0.660. The van der Waals surface area contributed by atoms with E-state index in [9.17, 15) is 0 Å². The number of hydrogen-bond donors (Lipinski definition) is 1. The van der Waals surface area contributed by atoms with E-state index in [0.717, 1.165) is 11.4 Å². The number of fused-ring (bicyclic) bond motifs is 3. The lowest BCUT2D eigenvalue weighted by atomic mass is 9.81. The van der Waals surface area contributed by atoms with Crippen LogP contribution in [0.4, 0.5) is 11.4 Å². The van der Waals surface area contributed by atoms with Gasteiger partial charge in [-0.05, 0) is 63.7 Å². The maximum absolute atomic E-state index is 6.30. The van der Waals surface area contributed by atoms with E-state index in [-0.39, 0.29) is 5.41 Å². The number of nitrogens with two attached hydrogens (primary N) is 1. The SMILES string of the molecule is CC1(C)c2ccccc2-c2ccc(-c3ccc(N(N)c4ccccc4)cc3)cc21. The van der Waals surface area contributed by atoms with Gasteiger partial charge in [0.1, 0.15) is 0 Å². The van der Waals surface area contributed by atoms with Crippen molar-refractivity contribution in [2.45, 2.75) is 19.3 Å². The average molecular weight is 377 g/mol. The molecule has 29 heavy (non-hydrogen) atoms. The molecule has 0 radical (unpaired) electrons. The van der Waals surface area contributed by atoms with Gasteiger partial charge >= 0.3 is 0 Å². The molecular weight excluding hydrogens is 352 g/mol. The number of anilines is 2. The first-order chi connectivity index (χ1) is 14.1. The van der Waals surface area contributed by atoms with Crippen molar-refractivity contribution < 1.29 is 0 Å². The molecule has 0 fully saturated rings. The summed E-state index contributed by atoms with van der Waals surface area (Å²) in [6, 6.07) is 34.0. The van der Waals surface area contributed by atoms with Gasteiger partial charge in [-0.2, -0.15) is 0 Å². The Kier molecular flexibility index (Phi) is 4.04. The van der Waals surface area contributed by atoms with Gasteiger partial charge in [-0.1, -0.05) is 80.6 Å². The van der Waals surface area contributed by atoms with Gasteiger partial charge in [0.25, 0.3) is 0 Å². The van der Waals surface area contributed by atoms with E-state index in [1.165, 1.54) is 33.4 Å². The Labute approximate surface area is 172 Å². The Morgan fingerprint density at radius 3 is 1.93 bits per heavy atom. The predicted molar refractivity (Wildman–Crippen MR) is 122 cm³/mol. The van der Waals surface area contributed by atoms with Gasteiger partial charge in [0, 0.05) is 5.41 Å². The van der Waals surface area contributed by atoms with Gasteiger partial charge in [0.05, 0.1) is 11.4 Å². The van der Waals surface area contributed by atoms with Crippen molar-refractivity contribution in [3.8, 4) is 22.3 Å². The van der Waals surface area contributed by atoms with Crippen LogP contribution in [-0.2, 0) is 5.41 Å². The molecule has 0 aliphatic heterocycles. The largest absolute Gasteiger partial charge is 0.280 e. The first kappa shape index (κ1) is 17.7. The number of benzene rings is 4. The molecule has 0 amide bonds. The van der Waals surface area contributed by atoms with Crippen LogP contribution in [0.1, 0.15) is 25.0 Å². The normalized spacial score (nSPS) is 13.6. The van der Waals surface area contributed by atoms with Crippen LogP contribution in [0, 0.1) is 0 Å². The molecule has 0 unspecified atom stereocenters. The summed E-state index contributed by atoms with van der Waals surface area (Å²) in [5.74, 6) is 6.30. The smallest absolute Gasteiger partial charge is 0.0575 e. The van der Waals surface area contributed by atoms with Crippen LogP contribution >= 0.6 is 0 Å². The lowest BCUT2D eigenvalue weighted by Crippen LogP contribution is -2.24. The fourth-order valence-corrected chi connectivity index (χ4v) is 4.44. The van der Waals surface area contributed by atoms with Crippen LogP contribution in [0.15, 0.2) is 97.1 Å². The highest BCUT2D eigenvalue weighted by Gasteiger charge is 2.35. The maximum Gasteiger partial charge on any atom is 0.0575 e. The third-order valence-corrected chi connectivity index (χ3v) is 6.10. The second-order valence-electron chi connectivity index (χ2n) is 8.18. The fourth-order valence-electron chi connectivity index (χ4n) is 4.44. The molecule has 0 saturated heterocycles. The molecular formula is C27H24N2. The van der Waals surface area contributed by atoms with Gasteiger partial charge in [-0.3, -0.25) is 5.01 Å². The van der Waals surface area contributed by atoms with E-state index >= 15 is 0 Å². The molecule has 5 rings (SSSR count). The molecule has 0 heterocycles. The summed E-state index contributed by atoms with van der Waals surface area (Å²) in [6.07, 6.45) is 0. The van der Waals surface area contributed by atoms with Gasteiger partial charge in [-0.25, -0.2) is 5.84 Å². The van der Waals surface area contributed by atoms with Crippen LogP contribution in [-0.4, -0.2) is 0 Å². The number of hydrogen-bond acceptors (Lipinski definition) is 2. The molecule has 0 bridgehead atoms. The summed E-state index contributed by atoms with van der Waals surface area (Å²) < 4.78 is 0. The van der Waals surface area contributed by atoms with Crippen molar-refractivity contribution in [3.05, 3.63) is 108 Å². The van der Waals surface area contributed by atoms with Crippen molar-refractivity contribution in [1.29, 1.82) is 0 Å². The van der Waals surface area contributed by atoms with Crippen molar-refractivity contribution >= 4 is 11.4 Å². The predicted octanol–water partition coefficient (Wildman–Crippen LogP) is 6.67. The van der Waals surface area contributed by atoms with Crippen molar-refractivity contribution in [2.24, 2.45) is 5.84 Å². The second kappa shape index (κ2) is 6.61. The van der Waals surface area contributed by atoms with E-state index in [0.29, 0.717) is 0 Å². The molecule has 2 N–H and O–H groups in total. The van der Waals surface area contributed by atoms with Crippen LogP contribution in [0.25, 0.3) is 22.3 Å². The third-order valence-electron chi connectivity index (χ3n) is 6.10. The first-order valence-electron chi connectivity index (χ1n) is 10.0. The lowest BCUT2D eigenvalue weighted by Gasteiger charge is -2.22. The van der Waals surface area contributed by atoms with E-state index < -0.39 is 0 Å². The topological polar surface area (TPSA) is 29.3 Å². The molecule has 4 aromatic rings. The molecule has 0 atom stereocenters. The monoisotopic (exact) mass is 376 g/mol. The number of rotatable bonds is 3. The minimum absolute atomic E-state index is 0.0171. The molecule has 4 aromatic carbocycles. The van der Waals surface area contributed by atoms with Crippen LogP contribution in [0.2, 0.25) is 0 Å². The van der Waals surface area contributed by atoms with Crippen LogP contribution in [0.3, 0.4) is 0 Å². The Bertz CT molecular complexity index is 1170. The Hall–Kier alpha value is -3.36. The minimum Gasteiger partial charge on any atom is -0.280 e. The molecule has 2 nitrogen and oxygen atoms in total. The summed E-state index contributed by atoms with van der Waals surface area (Å²) in [4.78, 5) is 0. The van der Waals surface area contributed by atoms with Crippen LogP contribution < -0.4 is 10.9 Å². The van der Waals surface area contributed by atoms with Crippen LogP contribution in [0.5, 0.6) is 0 Å². The van der Waals surface area contributed by atoms with E-state index in [1.807, 2.05) is 30.3 Å². The van der Waals surface area contributed by atoms with Gasteiger partial charge < -0.3 is 0 Å². The standard InChI is InChI=1S/C27H24N2/c1-27(2)25-11-7-6-10-23(25)24-17-14-20(18-26(24)27)19-12-15-22(16-13-19)29(28)21-8-4-3-5-9-21/h3-18H,28H2,1-2H3. The minimum atomic E-state index is 0.0171. The molecule has 0 aromatic heterocycles. The molecule has 1 aliphatic carbocycles. The summed E-state index contributed by atoms with van der Waals surface area (Å²) in [5, 5.41) is 1.71. The average Bonchev–Trinajstić information content (AvgIpc) is 3.01. The quantitative estimate of drug-likeness (QED) is 0.319. The van der Waals surface area contributed by atoms with Gasteiger partial charge in [0.15, 0.2) is 0 Å². The number of para-hydroxylation sites is 1. The zero-order valence-electron chi connectivity index (χ0n) is 16.8. The maximum atomic E-state index is 6.30. The highest BCUT2D eigenvalue weighted by Crippen LogP contribution is 2.49. The molecule has 0 spiro atoms. The molecule has 2 heteroatoms. The van der Waals surface area contributed by atoms with Crippen molar-refractivity contribution in [1.82, 2.24) is 0 Å². The first-order valence-corrected chi connectivity index (χ1v) is 10.0. The highest BCUT2D eigenvalue weighted by atomic mass is 15.4. The number of nitrogens with zero attached hydrogens (tertiary/aromatic N) is 1. The summed E-state index contributed by atoms with van der Waals surface area (Å²) in [7, 11) is 0. The van der Waals surface area contributed by atoms with Gasteiger partial charge in [0.2, 0.25) is 0 Å². The fraction of sp³-hybridized carbons (Fsp3) is 0.111. The van der Waals surface area contributed by atoms with Crippen molar-refractivity contribution in [2.75, 3.05) is 5.01 Å². The highest BCUT2D eigenvalue weighted by molar-refractivity contribution is 5.83. The van der Waals surface area contributed by atoms with E-state index in [2.05, 4.69) is 80.6 Å². The summed E-state index contributed by atoms with van der Waals surface area (Å²) in [5.41, 5.74) is 9.90. The third kappa shape index (κ3) is 2.84. The Morgan fingerprint density at radius 1 is 0.586 bits per heavy atom. The molecule has 1 aliphatic rings. The Balaban J connectivity index is 1.50. The van der Waals surface area contributed by atoms with E-state index in [1.54, 1.807) is 5.01 Å². The van der Waals surface area contributed by atoms with Crippen molar-refractivity contribution in [3.63, 3.8) is 0 Å². The Morgan fingerprint density at radius 2 is 1.17 bits per heavy atom. The summed E-state index contributed by atoms with van der Waals surface area (Å²) >= 11 is 0. The second-order valence-corrected chi connectivity index (χ2v) is 8.18. The molecule has 142 valence electrons. The summed E-state index contributed by atoms with van der Waals surface area (Å²) in [6.45, 7) is 4.63. The van der Waals surface area contributed by atoms with E-state index in [4.69, 9.17) is 5.84 Å². The molecule has 0 saturated carbocycles. The van der Waals surface area contributed by atoms with Gasteiger partial charge in [-0.15, -0.1) is 0 Å². The number of hydrazine groups is 1. The zero-order chi connectivity index (χ0) is 20.0.